The average molecular weight is 285 g/mol. The Morgan fingerprint density at radius 3 is 2.55 bits per heavy atom. The predicted molar refractivity (Wildman–Crippen MR) is 75.6 cm³/mol. The second kappa shape index (κ2) is 7.38. The van der Waals surface area contributed by atoms with Gasteiger partial charge in [-0.2, -0.15) is 0 Å². The van der Waals surface area contributed by atoms with Crippen LogP contribution in [0.15, 0.2) is 0 Å². The van der Waals surface area contributed by atoms with Gasteiger partial charge in [0.25, 0.3) is 0 Å². The van der Waals surface area contributed by atoms with Gasteiger partial charge < -0.3 is 20.3 Å². The van der Waals surface area contributed by atoms with Crippen molar-refractivity contribution < 1.29 is 19.7 Å². The van der Waals surface area contributed by atoms with Crippen molar-refractivity contribution in [1.29, 1.82) is 0 Å². The van der Waals surface area contributed by atoms with E-state index in [2.05, 4.69) is 5.32 Å². The summed E-state index contributed by atoms with van der Waals surface area (Å²) in [5, 5.41) is 22.6. The zero-order chi connectivity index (χ0) is 14.4. The van der Waals surface area contributed by atoms with Gasteiger partial charge in [0.1, 0.15) is 0 Å². The van der Waals surface area contributed by atoms with Crippen LogP contribution in [0.4, 0.5) is 0 Å². The van der Waals surface area contributed by atoms with E-state index in [0.29, 0.717) is 32.2 Å². The van der Waals surface area contributed by atoms with Gasteiger partial charge >= 0.3 is 5.97 Å². The van der Waals surface area contributed by atoms with Gasteiger partial charge in [-0.15, -0.1) is 0 Å². The molecule has 0 atom stereocenters. The largest absolute Gasteiger partial charge is 0.481 e. The summed E-state index contributed by atoms with van der Waals surface area (Å²) in [5.41, 5.74) is -0.721. The van der Waals surface area contributed by atoms with Crippen LogP contribution in [0.2, 0.25) is 0 Å². The minimum absolute atomic E-state index is 0.272. The van der Waals surface area contributed by atoms with Gasteiger partial charge in [0.15, 0.2) is 0 Å². The van der Waals surface area contributed by atoms with E-state index in [1.54, 1.807) is 0 Å². The Kier molecular flexibility index (Phi) is 5.81. The zero-order valence-corrected chi connectivity index (χ0v) is 12.1. The Bertz CT molecular complexity index is 309. The van der Waals surface area contributed by atoms with Crippen molar-refractivity contribution >= 4 is 5.97 Å². The molecule has 0 saturated heterocycles. The van der Waals surface area contributed by atoms with Crippen molar-refractivity contribution in [2.75, 3.05) is 26.3 Å². The highest BCUT2D eigenvalue weighted by atomic mass is 16.5. The summed E-state index contributed by atoms with van der Waals surface area (Å²) in [6.07, 6.45) is 5.92. The highest BCUT2D eigenvalue weighted by Gasteiger charge is 2.35. The van der Waals surface area contributed by atoms with E-state index in [1.165, 1.54) is 12.8 Å². The number of hydrogen-bond acceptors (Lipinski definition) is 4. The van der Waals surface area contributed by atoms with Crippen molar-refractivity contribution in [3.8, 4) is 0 Å². The molecule has 0 aliphatic heterocycles. The number of carbonyl (C=O) groups is 1. The molecule has 20 heavy (non-hydrogen) atoms. The van der Waals surface area contributed by atoms with Crippen molar-refractivity contribution in [3.63, 3.8) is 0 Å². The fourth-order valence-electron chi connectivity index (χ4n) is 2.73. The van der Waals surface area contributed by atoms with Crippen LogP contribution in [-0.4, -0.2) is 48.1 Å². The van der Waals surface area contributed by atoms with Crippen LogP contribution in [-0.2, 0) is 9.53 Å². The summed E-state index contributed by atoms with van der Waals surface area (Å²) in [7, 11) is 0. The molecule has 0 aromatic rings. The first-order valence-corrected chi connectivity index (χ1v) is 7.83. The van der Waals surface area contributed by atoms with Gasteiger partial charge in [-0.25, -0.2) is 0 Å². The smallest absolute Gasteiger partial charge is 0.306 e. The van der Waals surface area contributed by atoms with Crippen LogP contribution in [0, 0.1) is 11.8 Å². The van der Waals surface area contributed by atoms with Gasteiger partial charge in [0.05, 0.1) is 11.5 Å². The standard InChI is InChI=1S/C15H27NO4/c17-14(18)13-4-6-15(19,7-5-13)11-16-8-1-9-20-10-12-2-3-12/h12-13,16,19H,1-11H2,(H,17,18). The topological polar surface area (TPSA) is 78.8 Å². The Morgan fingerprint density at radius 2 is 1.95 bits per heavy atom. The molecule has 5 heteroatoms. The first-order valence-electron chi connectivity index (χ1n) is 7.83. The second-order valence-corrected chi connectivity index (χ2v) is 6.39. The van der Waals surface area contributed by atoms with E-state index in [9.17, 15) is 9.90 Å². The number of ether oxygens (including phenoxy) is 1. The van der Waals surface area contributed by atoms with E-state index in [-0.39, 0.29) is 5.92 Å². The molecule has 0 aromatic carbocycles. The number of nitrogens with one attached hydrogen (secondary N) is 1. The summed E-state index contributed by atoms with van der Waals surface area (Å²) < 4.78 is 5.55. The van der Waals surface area contributed by atoms with Crippen LogP contribution in [0.3, 0.4) is 0 Å². The molecule has 116 valence electrons. The molecule has 2 aliphatic rings. The zero-order valence-electron chi connectivity index (χ0n) is 12.1. The third-order valence-electron chi connectivity index (χ3n) is 4.41. The maximum atomic E-state index is 10.9. The van der Waals surface area contributed by atoms with E-state index in [4.69, 9.17) is 9.84 Å². The number of aliphatic hydroxyl groups is 1. The van der Waals surface area contributed by atoms with Crippen LogP contribution in [0.25, 0.3) is 0 Å². The van der Waals surface area contributed by atoms with E-state index in [0.717, 1.165) is 32.1 Å². The molecule has 2 rings (SSSR count). The summed E-state index contributed by atoms with van der Waals surface area (Å²) in [6.45, 7) is 3.08. The third kappa shape index (κ3) is 5.38. The van der Waals surface area contributed by atoms with E-state index >= 15 is 0 Å². The Morgan fingerprint density at radius 1 is 1.25 bits per heavy atom. The molecule has 0 spiro atoms. The minimum Gasteiger partial charge on any atom is -0.481 e. The third-order valence-corrected chi connectivity index (χ3v) is 4.41. The Hall–Kier alpha value is -0.650. The molecule has 5 nitrogen and oxygen atoms in total. The lowest BCUT2D eigenvalue weighted by Crippen LogP contribution is -2.44. The highest BCUT2D eigenvalue weighted by Crippen LogP contribution is 2.31. The predicted octanol–water partition coefficient (Wildman–Crippen LogP) is 1.40. The fourth-order valence-corrected chi connectivity index (χ4v) is 2.73. The van der Waals surface area contributed by atoms with Crippen LogP contribution in [0.5, 0.6) is 0 Å². The van der Waals surface area contributed by atoms with Gasteiger partial charge in [-0.1, -0.05) is 0 Å². The molecular formula is C15H27NO4. The first-order chi connectivity index (χ1) is 9.59. The summed E-state index contributed by atoms with van der Waals surface area (Å²) >= 11 is 0. The van der Waals surface area contributed by atoms with Crippen LogP contribution < -0.4 is 5.32 Å². The lowest BCUT2D eigenvalue weighted by Gasteiger charge is -2.34. The SMILES string of the molecule is O=C(O)C1CCC(O)(CNCCCOCC2CC2)CC1. The van der Waals surface area contributed by atoms with Crippen molar-refractivity contribution in [3.05, 3.63) is 0 Å². The molecule has 0 radical (unpaired) electrons. The maximum Gasteiger partial charge on any atom is 0.306 e. The van der Waals surface area contributed by atoms with Crippen LogP contribution in [0.1, 0.15) is 44.9 Å². The lowest BCUT2D eigenvalue weighted by molar-refractivity contribution is -0.144. The summed E-state index contributed by atoms with van der Waals surface area (Å²) in [4.78, 5) is 10.9. The summed E-state index contributed by atoms with van der Waals surface area (Å²) in [5.74, 6) is -0.188. The number of carboxylic acids is 1. The average Bonchev–Trinajstić information content (AvgIpc) is 3.22. The van der Waals surface area contributed by atoms with E-state index in [1.807, 2.05) is 0 Å². The van der Waals surface area contributed by atoms with Crippen LogP contribution >= 0.6 is 0 Å². The molecule has 2 aliphatic carbocycles. The monoisotopic (exact) mass is 285 g/mol. The maximum absolute atomic E-state index is 10.9. The molecule has 2 fully saturated rings. The van der Waals surface area contributed by atoms with Crippen molar-refractivity contribution in [2.24, 2.45) is 11.8 Å². The second-order valence-electron chi connectivity index (χ2n) is 6.39. The Labute approximate surface area is 120 Å². The number of rotatable bonds is 9. The van der Waals surface area contributed by atoms with Gasteiger partial charge in [-0.3, -0.25) is 4.79 Å². The molecule has 0 bridgehead atoms. The normalized spacial score (nSPS) is 30.4. The van der Waals surface area contributed by atoms with E-state index < -0.39 is 11.6 Å². The molecule has 0 aromatic heterocycles. The van der Waals surface area contributed by atoms with Gasteiger partial charge in [0.2, 0.25) is 0 Å². The molecule has 0 amide bonds. The molecule has 0 unspecified atom stereocenters. The van der Waals surface area contributed by atoms with Crippen molar-refractivity contribution in [1.82, 2.24) is 5.32 Å². The Balaban J connectivity index is 1.49. The number of aliphatic carboxylic acids is 1. The molecule has 0 heterocycles. The van der Waals surface area contributed by atoms with Gasteiger partial charge in [0, 0.05) is 19.8 Å². The quantitative estimate of drug-likeness (QED) is 0.558. The minimum atomic E-state index is -0.729. The van der Waals surface area contributed by atoms with Crippen molar-refractivity contribution in [2.45, 2.75) is 50.5 Å². The molecule has 2 saturated carbocycles. The number of carboxylic acid groups (broad SMARTS) is 1. The molecular weight excluding hydrogens is 258 g/mol. The summed E-state index contributed by atoms with van der Waals surface area (Å²) in [6, 6.07) is 0. The van der Waals surface area contributed by atoms with Gasteiger partial charge in [-0.05, 0) is 57.4 Å². The number of hydrogen-bond donors (Lipinski definition) is 3. The lowest BCUT2D eigenvalue weighted by atomic mass is 9.79. The highest BCUT2D eigenvalue weighted by molar-refractivity contribution is 5.70. The fraction of sp³-hybridized carbons (Fsp3) is 0.933. The molecule has 3 N–H and O–H groups in total. The first kappa shape index (κ1) is 15.7.